The monoisotopic (exact) mass is 324 g/mol. The maximum Gasteiger partial charge on any atom is 0.123 e. The molecule has 0 spiro atoms. The van der Waals surface area contributed by atoms with Crippen LogP contribution >= 0.6 is 11.8 Å². The summed E-state index contributed by atoms with van der Waals surface area (Å²) in [5.74, 6) is 0.834. The Labute approximate surface area is 139 Å². The molecule has 0 amide bonds. The second-order valence-corrected chi connectivity index (χ2v) is 7.22. The van der Waals surface area contributed by atoms with Crippen LogP contribution in [0.25, 0.3) is 0 Å². The van der Waals surface area contributed by atoms with E-state index in [4.69, 9.17) is 0 Å². The fourth-order valence-electron chi connectivity index (χ4n) is 3.38. The van der Waals surface area contributed by atoms with Crippen LogP contribution in [0.1, 0.15) is 16.7 Å². The number of imidazole rings is 1. The van der Waals surface area contributed by atoms with Crippen LogP contribution < -0.4 is 0 Å². The highest BCUT2D eigenvalue weighted by Crippen LogP contribution is 2.49. The number of aromatic nitrogens is 2. The molecule has 0 bridgehead atoms. The Morgan fingerprint density at radius 3 is 2.83 bits per heavy atom. The van der Waals surface area contributed by atoms with E-state index in [1.54, 1.807) is 18.3 Å². The average Bonchev–Trinajstić information content (AvgIpc) is 3.08. The van der Waals surface area contributed by atoms with E-state index >= 15 is 0 Å². The van der Waals surface area contributed by atoms with Gasteiger partial charge in [-0.2, -0.15) is 0 Å². The SMILES string of the molecule is Fc1ccc2c(c1)CCSC2(Cn1ccnc1)c1ccccc1. The molecule has 3 aromatic rings. The topological polar surface area (TPSA) is 17.8 Å². The van der Waals surface area contributed by atoms with Gasteiger partial charge in [-0.25, -0.2) is 9.37 Å². The Balaban J connectivity index is 1.91. The van der Waals surface area contributed by atoms with Crippen LogP contribution in [-0.2, 0) is 17.7 Å². The molecular formula is C19H17FN2S. The first-order valence-corrected chi connectivity index (χ1v) is 8.71. The Hall–Kier alpha value is -2.07. The van der Waals surface area contributed by atoms with Crippen LogP contribution in [0, 0.1) is 5.82 Å². The Bertz CT molecular complexity index is 802. The van der Waals surface area contributed by atoms with Gasteiger partial charge in [0.15, 0.2) is 0 Å². The van der Waals surface area contributed by atoms with Crippen LogP contribution in [0.15, 0.2) is 67.3 Å². The second kappa shape index (κ2) is 5.85. The van der Waals surface area contributed by atoms with Crippen molar-refractivity contribution in [1.82, 2.24) is 9.55 Å². The Morgan fingerprint density at radius 1 is 1.17 bits per heavy atom. The first-order valence-electron chi connectivity index (χ1n) is 7.72. The molecule has 4 rings (SSSR count). The molecule has 0 saturated carbocycles. The van der Waals surface area contributed by atoms with Crippen molar-refractivity contribution in [2.24, 2.45) is 0 Å². The smallest absolute Gasteiger partial charge is 0.123 e. The number of aryl methyl sites for hydroxylation is 1. The number of hydrogen-bond donors (Lipinski definition) is 0. The number of fused-ring (bicyclic) bond motifs is 1. The summed E-state index contributed by atoms with van der Waals surface area (Å²) in [5.41, 5.74) is 3.59. The lowest BCUT2D eigenvalue weighted by Gasteiger charge is -2.39. The van der Waals surface area contributed by atoms with Gasteiger partial charge in [0.2, 0.25) is 0 Å². The lowest BCUT2D eigenvalue weighted by Crippen LogP contribution is -2.34. The molecule has 23 heavy (non-hydrogen) atoms. The molecule has 0 N–H and O–H groups in total. The van der Waals surface area contributed by atoms with Gasteiger partial charge in [-0.1, -0.05) is 36.4 Å². The van der Waals surface area contributed by atoms with Crippen LogP contribution in [0.3, 0.4) is 0 Å². The van der Waals surface area contributed by atoms with Gasteiger partial charge in [0.25, 0.3) is 0 Å². The number of hydrogen-bond acceptors (Lipinski definition) is 2. The molecule has 1 unspecified atom stereocenters. The zero-order valence-electron chi connectivity index (χ0n) is 12.7. The first-order chi connectivity index (χ1) is 11.3. The Morgan fingerprint density at radius 2 is 2.04 bits per heavy atom. The molecule has 0 saturated heterocycles. The summed E-state index contributed by atoms with van der Waals surface area (Å²) in [6.07, 6.45) is 6.56. The molecule has 0 aliphatic carbocycles. The van der Waals surface area contributed by atoms with E-state index in [-0.39, 0.29) is 10.6 Å². The maximum atomic E-state index is 13.7. The van der Waals surface area contributed by atoms with Crippen LogP contribution in [0.5, 0.6) is 0 Å². The maximum absolute atomic E-state index is 13.7. The number of halogens is 1. The summed E-state index contributed by atoms with van der Waals surface area (Å²) in [4.78, 5) is 4.18. The average molecular weight is 324 g/mol. The fourth-order valence-corrected chi connectivity index (χ4v) is 4.95. The molecule has 2 heterocycles. The molecule has 2 nitrogen and oxygen atoms in total. The van der Waals surface area contributed by atoms with E-state index in [9.17, 15) is 4.39 Å². The molecule has 116 valence electrons. The lowest BCUT2D eigenvalue weighted by atomic mass is 9.85. The van der Waals surface area contributed by atoms with E-state index in [0.717, 1.165) is 24.3 Å². The van der Waals surface area contributed by atoms with Gasteiger partial charge in [-0.05, 0) is 41.0 Å². The normalized spacial score (nSPS) is 20.2. The van der Waals surface area contributed by atoms with Gasteiger partial charge < -0.3 is 4.57 Å². The summed E-state index contributed by atoms with van der Waals surface area (Å²) in [6.45, 7) is 0.792. The highest BCUT2D eigenvalue weighted by molar-refractivity contribution is 8.00. The number of benzene rings is 2. The molecule has 2 aromatic carbocycles. The molecule has 1 aliphatic rings. The molecule has 0 radical (unpaired) electrons. The molecule has 4 heteroatoms. The minimum atomic E-state index is -0.205. The summed E-state index contributed by atoms with van der Waals surface area (Å²) >= 11 is 1.94. The molecule has 1 atom stereocenters. The summed E-state index contributed by atoms with van der Waals surface area (Å²) in [6, 6.07) is 15.8. The largest absolute Gasteiger partial charge is 0.335 e. The highest BCUT2D eigenvalue weighted by atomic mass is 32.2. The third-order valence-electron chi connectivity index (χ3n) is 4.43. The minimum Gasteiger partial charge on any atom is -0.335 e. The third-order valence-corrected chi connectivity index (χ3v) is 5.91. The van der Waals surface area contributed by atoms with Crippen molar-refractivity contribution in [2.75, 3.05) is 5.75 Å². The van der Waals surface area contributed by atoms with Crippen LogP contribution in [-0.4, -0.2) is 15.3 Å². The molecule has 1 aliphatic heterocycles. The number of thioether (sulfide) groups is 1. The van der Waals surface area contributed by atoms with Gasteiger partial charge >= 0.3 is 0 Å². The van der Waals surface area contributed by atoms with Crippen molar-refractivity contribution in [3.63, 3.8) is 0 Å². The van der Waals surface area contributed by atoms with Crippen molar-refractivity contribution < 1.29 is 4.39 Å². The van der Waals surface area contributed by atoms with Gasteiger partial charge in [0.05, 0.1) is 11.1 Å². The summed E-state index contributed by atoms with van der Waals surface area (Å²) < 4.78 is 15.6. The van der Waals surface area contributed by atoms with Gasteiger partial charge in [-0.15, -0.1) is 11.8 Å². The highest BCUT2D eigenvalue weighted by Gasteiger charge is 2.39. The molecule has 1 aromatic heterocycles. The quantitative estimate of drug-likeness (QED) is 0.716. The zero-order chi connectivity index (χ0) is 15.7. The minimum absolute atomic E-state index is 0.153. The third kappa shape index (κ3) is 2.57. The predicted molar refractivity (Wildman–Crippen MR) is 92.0 cm³/mol. The molecular weight excluding hydrogens is 307 g/mol. The van der Waals surface area contributed by atoms with Crippen molar-refractivity contribution >= 4 is 11.8 Å². The van der Waals surface area contributed by atoms with Crippen molar-refractivity contribution in [2.45, 2.75) is 17.7 Å². The lowest BCUT2D eigenvalue weighted by molar-refractivity contribution is 0.566. The van der Waals surface area contributed by atoms with Crippen molar-refractivity contribution in [1.29, 1.82) is 0 Å². The van der Waals surface area contributed by atoms with E-state index in [2.05, 4.69) is 33.8 Å². The van der Waals surface area contributed by atoms with E-state index in [1.165, 1.54) is 11.1 Å². The van der Waals surface area contributed by atoms with Crippen LogP contribution in [0.4, 0.5) is 4.39 Å². The number of rotatable bonds is 3. The Kier molecular flexibility index (Phi) is 3.69. The number of nitrogens with zero attached hydrogens (tertiary/aromatic N) is 2. The second-order valence-electron chi connectivity index (χ2n) is 5.83. The fraction of sp³-hybridized carbons (Fsp3) is 0.211. The first kappa shape index (κ1) is 14.5. The predicted octanol–water partition coefficient (Wildman–Crippen LogP) is 4.26. The van der Waals surface area contributed by atoms with Gasteiger partial charge in [-0.3, -0.25) is 0 Å². The zero-order valence-corrected chi connectivity index (χ0v) is 13.5. The standard InChI is InChI=1S/C19H17FN2S/c20-17-6-7-18-15(12-17)8-11-23-19(18,13-22-10-9-21-14-22)16-4-2-1-3-5-16/h1-7,9-10,12,14H,8,11,13H2. The van der Waals surface area contributed by atoms with E-state index in [0.29, 0.717) is 0 Å². The van der Waals surface area contributed by atoms with Crippen molar-refractivity contribution in [3.8, 4) is 0 Å². The van der Waals surface area contributed by atoms with Gasteiger partial charge in [0, 0.05) is 18.9 Å². The van der Waals surface area contributed by atoms with Crippen LogP contribution in [0.2, 0.25) is 0 Å². The molecule has 0 fully saturated rings. The summed E-state index contributed by atoms with van der Waals surface area (Å²) in [5, 5.41) is 0. The van der Waals surface area contributed by atoms with Gasteiger partial charge in [0.1, 0.15) is 5.82 Å². The van der Waals surface area contributed by atoms with E-state index in [1.807, 2.05) is 36.4 Å². The van der Waals surface area contributed by atoms with E-state index < -0.39 is 0 Å². The van der Waals surface area contributed by atoms with Crippen molar-refractivity contribution in [3.05, 3.63) is 89.8 Å². The summed E-state index contributed by atoms with van der Waals surface area (Å²) in [7, 11) is 0.